The van der Waals surface area contributed by atoms with Crippen LogP contribution in [-0.4, -0.2) is 10.4 Å². The van der Waals surface area contributed by atoms with E-state index in [1.54, 1.807) is 0 Å². The van der Waals surface area contributed by atoms with Crippen molar-refractivity contribution >= 4 is 15.9 Å². The first kappa shape index (κ1) is 11.3. The molecule has 0 saturated heterocycles. The molecule has 0 spiro atoms. The molecule has 0 atom stereocenters. The van der Waals surface area contributed by atoms with Crippen molar-refractivity contribution in [1.29, 1.82) is 0 Å². The molecule has 1 N–H and O–H groups in total. The molecule has 1 aromatic carbocycles. The molecule has 0 saturated carbocycles. The van der Waals surface area contributed by atoms with Gasteiger partial charge in [0.25, 0.3) is 0 Å². The average Bonchev–Trinajstić information content (AvgIpc) is 2.21. The van der Waals surface area contributed by atoms with E-state index in [-0.39, 0.29) is 6.61 Å². The lowest BCUT2D eigenvalue weighted by molar-refractivity contribution is 0.281. The number of hydrogen-bond donors (Lipinski definition) is 1. The van der Waals surface area contributed by atoms with Crippen molar-refractivity contribution in [2.75, 3.05) is 5.33 Å². The quantitative estimate of drug-likeness (QED) is 0.634. The first-order valence-electron chi connectivity index (χ1n) is 4.53. The largest absolute Gasteiger partial charge is 0.392 e. The molecule has 1 rings (SSSR count). The average molecular weight is 253 g/mol. The van der Waals surface area contributed by atoms with E-state index < -0.39 is 0 Å². The molecule has 1 aromatic rings. The van der Waals surface area contributed by atoms with Gasteiger partial charge in [0, 0.05) is 17.3 Å². The first-order valence-corrected chi connectivity index (χ1v) is 5.65. The summed E-state index contributed by atoms with van der Waals surface area (Å²) < 4.78 is 0. The lowest BCUT2D eigenvalue weighted by atomic mass is 10.1. The number of benzene rings is 1. The summed E-state index contributed by atoms with van der Waals surface area (Å²) in [6.07, 6.45) is 0.850. The second kappa shape index (κ2) is 5.85. The Morgan fingerprint density at radius 1 is 1.43 bits per heavy atom. The molecule has 0 aromatic heterocycles. The van der Waals surface area contributed by atoms with Gasteiger partial charge >= 0.3 is 0 Å². The van der Waals surface area contributed by atoms with Gasteiger partial charge in [0.05, 0.1) is 6.61 Å². The Morgan fingerprint density at radius 2 is 2.21 bits per heavy atom. The van der Waals surface area contributed by atoms with Crippen molar-refractivity contribution in [2.45, 2.75) is 20.0 Å². The van der Waals surface area contributed by atoms with E-state index in [1.165, 1.54) is 0 Å². The third kappa shape index (κ3) is 3.17. The van der Waals surface area contributed by atoms with Crippen LogP contribution in [0.4, 0.5) is 0 Å². The van der Waals surface area contributed by atoms with Crippen molar-refractivity contribution in [2.24, 2.45) is 0 Å². The molecule has 0 unspecified atom stereocenters. The highest BCUT2D eigenvalue weighted by atomic mass is 79.9. The van der Waals surface area contributed by atoms with Gasteiger partial charge in [0.15, 0.2) is 0 Å². The van der Waals surface area contributed by atoms with Crippen LogP contribution in [0.15, 0.2) is 18.2 Å². The van der Waals surface area contributed by atoms with Gasteiger partial charge in [-0.3, -0.25) is 0 Å². The molecule has 74 valence electrons. The van der Waals surface area contributed by atoms with E-state index in [0.29, 0.717) is 0 Å². The van der Waals surface area contributed by atoms with E-state index in [2.05, 4.69) is 27.8 Å². The summed E-state index contributed by atoms with van der Waals surface area (Å²) in [5.41, 5.74) is 3.04. The lowest BCUT2D eigenvalue weighted by Gasteiger charge is -2.01. The SMILES string of the molecule is Cc1ccc(C#CCCBr)cc1CO. The van der Waals surface area contributed by atoms with E-state index in [1.807, 2.05) is 25.1 Å². The molecule has 0 fully saturated rings. The van der Waals surface area contributed by atoms with Crippen molar-refractivity contribution in [3.05, 3.63) is 34.9 Å². The summed E-state index contributed by atoms with van der Waals surface area (Å²) in [6.45, 7) is 2.07. The fourth-order valence-electron chi connectivity index (χ4n) is 1.13. The van der Waals surface area contributed by atoms with Gasteiger partial charge in [-0.1, -0.05) is 33.8 Å². The molecule has 0 heterocycles. The van der Waals surface area contributed by atoms with Gasteiger partial charge in [-0.25, -0.2) is 0 Å². The third-order valence-electron chi connectivity index (χ3n) is 1.97. The molecular weight excluding hydrogens is 240 g/mol. The summed E-state index contributed by atoms with van der Waals surface area (Å²) in [5.74, 6) is 6.10. The van der Waals surface area contributed by atoms with Gasteiger partial charge in [-0.15, -0.1) is 0 Å². The lowest BCUT2D eigenvalue weighted by Crippen LogP contribution is -1.89. The van der Waals surface area contributed by atoms with Gasteiger partial charge in [-0.05, 0) is 30.2 Å². The fourth-order valence-corrected chi connectivity index (χ4v) is 1.33. The number of aliphatic hydroxyl groups is 1. The maximum atomic E-state index is 9.06. The molecule has 0 aliphatic heterocycles. The number of alkyl halides is 1. The minimum Gasteiger partial charge on any atom is -0.392 e. The van der Waals surface area contributed by atoms with Crippen LogP contribution in [0, 0.1) is 18.8 Å². The predicted molar refractivity (Wildman–Crippen MR) is 62.4 cm³/mol. The van der Waals surface area contributed by atoms with Crippen LogP contribution in [0.3, 0.4) is 0 Å². The van der Waals surface area contributed by atoms with Crippen LogP contribution in [0.2, 0.25) is 0 Å². The Kier molecular flexibility index (Phi) is 4.72. The van der Waals surface area contributed by atoms with E-state index >= 15 is 0 Å². The monoisotopic (exact) mass is 252 g/mol. The molecule has 2 heteroatoms. The number of rotatable bonds is 2. The standard InChI is InChI=1S/C12H13BrO/c1-10-5-6-11(4-2-3-7-13)8-12(10)9-14/h5-6,8,14H,3,7,9H2,1H3. The van der Waals surface area contributed by atoms with Crippen molar-refractivity contribution in [3.8, 4) is 11.8 Å². The van der Waals surface area contributed by atoms with E-state index in [9.17, 15) is 0 Å². The minimum absolute atomic E-state index is 0.0831. The Bertz CT molecular complexity index is 360. The van der Waals surface area contributed by atoms with Crippen LogP contribution in [0.25, 0.3) is 0 Å². The normalized spacial score (nSPS) is 9.36. The smallest absolute Gasteiger partial charge is 0.0684 e. The van der Waals surface area contributed by atoms with Crippen LogP contribution >= 0.6 is 15.9 Å². The van der Waals surface area contributed by atoms with Crippen molar-refractivity contribution < 1.29 is 5.11 Å². The molecule has 0 amide bonds. The maximum absolute atomic E-state index is 9.06. The second-order valence-electron chi connectivity index (χ2n) is 3.04. The maximum Gasteiger partial charge on any atom is 0.0684 e. The summed E-state index contributed by atoms with van der Waals surface area (Å²) in [7, 11) is 0. The Morgan fingerprint density at radius 3 is 2.86 bits per heavy atom. The summed E-state index contributed by atoms with van der Waals surface area (Å²) in [6, 6.07) is 5.91. The van der Waals surface area contributed by atoms with Gasteiger partial charge in [0.2, 0.25) is 0 Å². The molecule has 14 heavy (non-hydrogen) atoms. The highest BCUT2D eigenvalue weighted by Gasteiger charge is 1.96. The van der Waals surface area contributed by atoms with Crippen molar-refractivity contribution in [1.82, 2.24) is 0 Å². The Hall–Kier alpha value is -0.780. The minimum atomic E-state index is 0.0831. The second-order valence-corrected chi connectivity index (χ2v) is 3.83. The molecule has 0 radical (unpaired) electrons. The van der Waals surface area contributed by atoms with Gasteiger partial charge < -0.3 is 5.11 Å². The predicted octanol–water partition coefficient (Wildman–Crippen LogP) is 2.62. The van der Waals surface area contributed by atoms with Gasteiger partial charge in [0.1, 0.15) is 0 Å². The Balaban J connectivity index is 2.86. The molecular formula is C12H13BrO. The summed E-state index contributed by atoms with van der Waals surface area (Å²) >= 11 is 3.32. The zero-order valence-electron chi connectivity index (χ0n) is 8.18. The zero-order chi connectivity index (χ0) is 10.4. The fraction of sp³-hybridized carbons (Fsp3) is 0.333. The molecule has 1 nitrogen and oxygen atoms in total. The van der Waals surface area contributed by atoms with Crippen molar-refractivity contribution in [3.63, 3.8) is 0 Å². The number of aliphatic hydroxyl groups excluding tert-OH is 1. The third-order valence-corrected chi connectivity index (χ3v) is 2.37. The van der Waals surface area contributed by atoms with E-state index in [0.717, 1.165) is 28.4 Å². The molecule has 0 aliphatic rings. The van der Waals surface area contributed by atoms with Crippen LogP contribution in [0.5, 0.6) is 0 Å². The molecule has 0 bridgehead atoms. The molecule has 0 aliphatic carbocycles. The highest BCUT2D eigenvalue weighted by molar-refractivity contribution is 9.09. The number of halogens is 1. The first-order chi connectivity index (χ1) is 6.77. The summed E-state index contributed by atoms with van der Waals surface area (Å²) in [5, 5.41) is 9.96. The zero-order valence-corrected chi connectivity index (χ0v) is 9.76. The number of aryl methyl sites for hydroxylation is 1. The van der Waals surface area contributed by atoms with Crippen LogP contribution in [0.1, 0.15) is 23.1 Å². The number of hydrogen-bond acceptors (Lipinski definition) is 1. The highest BCUT2D eigenvalue weighted by Crippen LogP contribution is 2.10. The van der Waals surface area contributed by atoms with E-state index in [4.69, 9.17) is 5.11 Å². The van der Waals surface area contributed by atoms with Gasteiger partial charge in [-0.2, -0.15) is 0 Å². The van der Waals surface area contributed by atoms with Crippen LogP contribution in [-0.2, 0) is 6.61 Å². The summed E-state index contributed by atoms with van der Waals surface area (Å²) in [4.78, 5) is 0. The topological polar surface area (TPSA) is 20.2 Å². The Labute approximate surface area is 93.3 Å². The van der Waals surface area contributed by atoms with Crippen LogP contribution < -0.4 is 0 Å².